The first-order valence-corrected chi connectivity index (χ1v) is 22.6. The molecule has 8 aromatic carbocycles. The van der Waals surface area contributed by atoms with Gasteiger partial charge in [-0.05, 0) is 92.2 Å². The molecule has 0 N–H and O–H groups in total. The molecule has 0 amide bonds. The van der Waals surface area contributed by atoms with E-state index in [1.807, 2.05) is 12.4 Å². The lowest BCUT2D eigenvalue weighted by Gasteiger charge is -2.26. The zero-order valence-corrected chi connectivity index (χ0v) is 36.3. The van der Waals surface area contributed by atoms with Gasteiger partial charge in [-0.25, -0.2) is 4.98 Å². The van der Waals surface area contributed by atoms with Crippen LogP contribution in [0.1, 0.15) is 11.1 Å². The minimum Gasteiger partial charge on any atom is -0.305 e. The van der Waals surface area contributed by atoms with E-state index in [1.54, 1.807) is 0 Å². The van der Waals surface area contributed by atoms with Crippen LogP contribution in [0.4, 0.5) is 0 Å². The van der Waals surface area contributed by atoms with Crippen molar-refractivity contribution in [2.45, 2.75) is 13.8 Å². The SMILES string of the molecule is Cc1ccc2c(c1)c1cc(C)ccc1n2-c1nc(-n2c3ccccc3c3ccccc32)c(-n2c3ccccc3c3ccccc32)c(-c2ccncc2)c1-n1c2ccccc2c2ccccc21. The Labute approximate surface area is 379 Å². The fraction of sp³-hybridized carbons (Fsp3) is 0.0333. The third-order valence-electron chi connectivity index (χ3n) is 13.8. The van der Waals surface area contributed by atoms with Gasteiger partial charge in [0.25, 0.3) is 0 Å². The van der Waals surface area contributed by atoms with Gasteiger partial charge in [-0.15, -0.1) is 0 Å². The highest BCUT2D eigenvalue weighted by Gasteiger charge is 2.32. The first-order valence-electron chi connectivity index (χ1n) is 22.6. The van der Waals surface area contributed by atoms with Crippen molar-refractivity contribution >= 4 is 87.2 Å². The molecule has 0 aliphatic heterocycles. The molecule has 0 bridgehead atoms. The molecule has 66 heavy (non-hydrogen) atoms. The molecule has 0 aliphatic rings. The molecule has 0 unspecified atom stereocenters. The predicted molar refractivity (Wildman–Crippen MR) is 274 cm³/mol. The molecule has 0 saturated heterocycles. The molecule has 14 aromatic rings. The maximum atomic E-state index is 6.30. The Hall–Kier alpha value is -8.74. The Morgan fingerprint density at radius 2 is 0.606 bits per heavy atom. The summed E-state index contributed by atoms with van der Waals surface area (Å²) in [5.74, 6) is 1.64. The molecular formula is C60H40N6. The van der Waals surface area contributed by atoms with Crippen LogP contribution in [0.25, 0.3) is 121 Å². The molecule has 0 atom stereocenters. The number of fused-ring (bicyclic) bond motifs is 12. The second-order valence-electron chi connectivity index (χ2n) is 17.6. The summed E-state index contributed by atoms with van der Waals surface area (Å²) in [5.41, 5.74) is 15.2. The summed E-state index contributed by atoms with van der Waals surface area (Å²) in [6.07, 6.45) is 3.85. The molecule has 6 heteroatoms. The van der Waals surface area contributed by atoms with Crippen LogP contribution in [-0.2, 0) is 0 Å². The van der Waals surface area contributed by atoms with Crippen LogP contribution in [0, 0.1) is 13.8 Å². The summed E-state index contributed by atoms with van der Waals surface area (Å²) < 4.78 is 9.80. The summed E-state index contributed by atoms with van der Waals surface area (Å²) in [4.78, 5) is 10.9. The number of benzene rings is 8. The molecule has 310 valence electrons. The van der Waals surface area contributed by atoms with Crippen LogP contribution in [0.15, 0.2) is 207 Å². The summed E-state index contributed by atoms with van der Waals surface area (Å²) in [5, 5.41) is 9.44. The second-order valence-corrected chi connectivity index (χ2v) is 17.6. The van der Waals surface area contributed by atoms with E-state index in [-0.39, 0.29) is 0 Å². The number of pyridine rings is 2. The molecule has 6 heterocycles. The van der Waals surface area contributed by atoms with Gasteiger partial charge in [0, 0.05) is 61.0 Å². The van der Waals surface area contributed by atoms with Gasteiger partial charge in [-0.3, -0.25) is 14.1 Å². The van der Waals surface area contributed by atoms with Crippen molar-refractivity contribution in [1.82, 2.24) is 28.2 Å². The van der Waals surface area contributed by atoms with Crippen LogP contribution in [0.5, 0.6) is 0 Å². The summed E-state index contributed by atoms with van der Waals surface area (Å²) in [6.45, 7) is 4.37. The van der Waals surface area contributed by atoms with E-state index in [1.165, 1.54) is 54.2 Å². The molecule has 6 nitrogen and oxygen atoms in total. The fourth-order valence-electron chi connectivity index (χ4n) is 11.0. The van der Waals surface area contributed by atoms with E-state index in [9.17, 15) is 0 Å². The number of hydrogen-bond acceptors (Lipinski definition) is 2. The third kappa shape index (κ3) is 5.06. The van der Waals surface area contributed by atoms with E-state index >= 15 is 0 Å². The van der Waals surface area contributed by atoms with Gasteiger partial charge in [0.05, 0.1) is 44.1 Å². The Balaban J connectivity index is 1.33. The third-order valence-corrected chi connectivity index (χ3v) is 13.8. The summed E-state index contributed by atoms with van der Waals surface area (Å²) in [7, 11) is 0. The van der Waals surface area contributed by atoms with Crippen LogP contribution in [0.3, 0.4) is 0 Å². The van der Waals surface area contributed by atoms with Crippen molar-refractivity contribution in [3.8, 4) is 34.1 Å². The normalized spacial score (nSPS) is 12.1. The first-order chi connectivity index (χ1) is 32.6. The van der Waals surface area contributed by atoms with Gasteiger partial charge in [0.1, 0.15) is 11.4 Å². The average Bonchev–Trinajstić information content (AvgIpc) is 4.08. The van der Waals surface area contributed by atoms with Crippen molar-refractivity contribution in [2.24, 2.45) is 0 Å². The lowest BCUT2D eigenvalue weighted by molar-refractivity contribution is 0.961. The lowest BCUT2D eigenvalue weighted by Crippen LogP contribution is -2.16. The van der Waals surface area contributed by atoms with Crippen molar-refractivity contribution in [3.63, 3.8) is 0 Å². The highest BCUT2D eigenvalue weighted by atomic mass is 15.2. The molecule has 0 spiro atoms. The quantitative estimate of drug-likeness (QED) is 0.173. The number of para-hydroxylation sites is 6. The maximum Gasteiger partial charge on any atom is 0.165 e. The Bertz CT molecular complexity index is 4090. The average molecular weight is 845 g/mol. The smallest absolute Gasteiger partial charge is 0.165 e. The molecule has 0 saturated carbocycles. The zero-order chi connectivity index (χ0) is 43.6. The highest BCUT2D eigenvalue weighted by Crippen LogP contribution is 2.48. The second kappa shape index (κ2) is 13.9. The first kappa shape index (κ1) is 36.7. The van der Waals surface area contributed by atoms with Gasteiger partial charge in [-0.1, -0.05) is 132 Å². The van der Waals surface area contributed by atoms with E-state index in [0.717, 1.165) is 78.3 Å². The van der Waals surface area contributed by atoms with Crippen LogP contribution in [0.2, 0.25) is 0 Å². The number of nitrogens with zero attached hydrogens (tertiary/aromatic N) is 6. The standard InChI is InChI=1S/C60H40N6/c1-37-27-29-54-46(35-37)47-36-38(2)28-30-55(47)66(54)60-58(64-50-23-11-5-17-42(50)43-18-6-12-24-51(43)64)56(39-31-33-61-34-32-39)57(63-48-21-9-3-15-40(48)41-16-4-10-22-49(41)63)59(62-60)65-52-25-13-7-19-44(52)45-20-8-14-26-53(45)65/h3-36H,1-2H3. The largest absolute Gasteiger partial charge is 0.305 e. The highest BCUT2D eigenvalue weighted by molar-refractivity contribution is 6.15. The van der Waals surface area contributed by atoms with E-state index in [4.69, 9.17) is 4.98 Å². The Kier molecular flexibility index (Phi) is 7.72. The van der Waals surface area contributed by atoms with Crippen LogP contribution >= 0.6 is 0 Å². The molecule has 14 rings (SSSR count). The Morgan fingerprint density at radius 1 is 0.303 bits per heavy atom. The monoisotopic (exact) mass is 844 g/mol. The minimum absolute atomic E-state index is 0.819. The van der Waals surface area contributed by atoms with Gasteiger partial charge in [0.2, 0.25) is 0 Å². The van der Waals surface area contributed by atoms with Crippen molar-refractivity contribution in [1.29, 1.82) is 0 Å². The maximum absolute atomic E-state index is 6.30. The molecular weight excluding hydrogens is 805 g/mol. The fourth-order valence-corrected chi connectivity index (χ4v) is 11.0. The van der Waals surface area contributed by atoms with E-state index in [0.29, 0.717) is 0 Å². The summed E-state index contributed by atoms with van der Waals surface area (Å²) >= 11 is 0. The van der Waals surface area contributed by atoms with Gasteiger partial charge < -0.3 is 9.13 Å². The number of rotatable bonds is 5. The zero-order valence-electron chi connectivity index (χ0n) is 36.3. The van der Waals surface area contributed by atoms with Crippen molar-refractivity contribution in [2.75, 3.05) is 0 Å². The van der Waals surface area contributed by atoms with E-state index in [2.05, 4.69) is 231 Å². The molecule has 0 radical (unpaired) electrons. The number of aromatic nitrogens is 6. The topological polar surface area (TPSA) is 45.5 Å². The Morgan fingerprint density at radius 3 is 0.955 bits per heavy atom. The van der Waals surface area contributed by atoms with Gasteiger partial charge in [-0.2, -0.15) is 0 Å². The predicted octanol–water partition coefficient (Wildman–Crippen LogP) is 15.1. The lowest BCUT2D eigenvalue weighted by atomic mass is 10.0. The van der Waals surface area contributed by atoms with Crippen LogP contribution < -0.4 is 0 Å². The van der Waals surface area contributed by atoms with E-state index < -0.39 is 0 Å². The van der Waals surface area contributed by atoms with Crippen molar-refractivity contribution < 1.29 is 0 Å². The molecule has 0 fully saturated rings. The van der Waals surface area contributed by atoms with Crippen molar-refractivity contribution in [3.05, 3.63) is 218 Å². The molecule has 0 aliphatic carbocycles. The van der Waals surface area contributed by atoms with Crippen LogP contribution in [-0.4, -0.2) is 28.2 Å². The number of hydrogen-bond donors (Lipinski definition) is 0. The minimum atomic E-state index is 0.819. The van der Waals surface area contributed by atoms with Gasteiger partial charge in [0.15, 0.2) is 11.6 Å². The number of aryl methyl sites for hydroxylation is 2. The van der Waals surface area contributed by atoms with Gasteiger partial charge >= 0.3 is 0 Å². The summed E-state index contributed by atoms with van der Waals surface area (Å²) in [6, 6.07) is 70.8. The molecule has 6 aromatic heterocycles.